The molecule has 1 aliphatic rings. The monoisotopic (exact) mass is 373 g/mol. The SMILES string of the molecule is CCC(CC)C(CNC(=O)c1cnn(C)c1-n1cccc1)N1CCOCC1. The van der Waals surface area contributed by atoms with E-state index in [2.05, 4.69) is 29.2 Å². The van der Waals surface area contributed by atoms with E-state index < -0.39 is 0 Å². The van der Waals surface area contributed by atoms with Gasteiger partial charge in [0.2, 0.25) is 0 Å². The van der Waals surface area contributed by atoms with E-state index in [0.717, 1.165) is 45.0 Å². The van der Waals surface area contributed by atoms with Crippen LogP contribution < -0.4 is 5.32 Å². The van der Waals surface area contributed by atoms with Crippen LogP contribution in [0.1, 0.15) is 37.0 Å². The van der Waals surface area contributed by atoms with E-state index in [0.29, 0.717) is 24.1 Å². The maximum Gasteiger partial charge on any atom is 0.256 e. The molecule has 7 heteroatoms. The second-order valence-corrected chi connectivity index (χ2v) is 7.10. The summed E-state index contributed by atoms with van der Waals surface area (Å²) < 4.78 is 9.16. The van der Waals surface area contributed by atoms with E-state index in [-0.39, 0.29) is 5.91 Å². The molecule has 1 aliphatic heterocycles. The molecular weight excluding hydrogens is 342 g/mol. The zero-order chi connectivity index (χ0) is 19.2. The van der Waals surface area contributed by atoms with Gasteiger partial charge in [-0.3, -0.25) is 14.4 Å². The minimum absolute atomic E-state index is 0.0731. The van der Waals surface area contributed by atoms with Gasteiger partial charge in [0.1, 0.15) is 11.4 Å². The summed E-state index contributed by atoms with van der Waals surface area (Å²) in [5.41, 5.74) is 0.596. The number of carbonyl (C=O) groups is 1. The Morgan fingerprint density at radius 2 is 1.89 bits per heavy atom. The predicted octanol–water partition coefficient (Wildman–Crippen LogP) is 2.08. The maximum absolute atomic E-state index is 12.9. The van der Waals surface area contributed by atoms with Crippen molar-refractivity contribution in [3.8, 4) is 5.82 Å². The summed E-state index contributed by atoms with van der Waals surface area (Å²) in [5, 5.41) is 7.46. The zero-order valence-electron chi connectivity index (χ0n) is 16.6. The molecule has 1 unspecified atom stereocenters. The lowest BCUT2D eigenvalue weighted by Gasteiger charge is -2.38. The molecule has 0 saturated carbocycles. The molecule has 3 rings (SSSR count). The topological polar surface area (TPSA) is 64.3 Å². The third kappa shape index (κ3) is 4.42. The van der Waals surface area contributed by atoms with Crippen LogP contribution in [0.15, 0.2) is 30.7 Å². The Hall–Kier alpha value is -2.12. The van der Waals surface area contributed by atoms with Gasteiger partial charge in [-0.2, -0.15) is 5.10 Å². The maximum atomic E-state index is 12.9. The molecule has 1 saturated heterocycles. The van der Waals surface area contributed by atoms with E-state index in [9.17, 15) is 4.79 Å². The number of ether oxygens (including phenoxy) is 1. The lowest BCUT2D eigenvalue weighted by Crippen LogP contribution is -2.52. The minimum Gasteiger partial charge on any atom is -0.379 e. The molecule has 0 aromatic carbocycles. The van der Waals surface area contributed by atoms with Gasteiger partial charge >= 0.3 is 0 Å². The normalized spacial score (nSPS) is 16.6. The number of hydrogen-bond acceptors (Lipinski definition) is 4. The molecule has 148 valence electrons. The van der Waals surface area contributed by atoms with Crippen LogP contribution in [-0.2, 0) is 11.8 Å². The fraction of sp³-hybridized carbons (Fsp3) is 0.600. The third-order valence-corrected chi connectivity index (χ3v) is 5.58. The quantitative estimate of drug-likeness (QED) is 0.769. The number of rotatable bonds is 8. The summed E-state index contributed by atoms with van der Waals surface area (Å²) in [6.07, 6.45) is 7.71. The Balaban J connectivity index is 1.73. The van der Waals surface area contributed by atoms with Crippen molar-refractivity contribution >= 4 is 5.91 Å². The standard InChI is InChI=1S/C20H31N5O2/c1-4-16(5-2)18(24-10-12-27-13-11-24)15-21-19(26)17-14-22-23(3)20(17)25-8-6-7-9-25/h6-9,14,16,18H,4-5,10-13,15H2,1-3H3,(H,21,26). The largest absolute Gasteiger partial charge is 0.379 e. The minimum atomic E-state index is -0.0731. The first-order chi connectivity index (χ1) is 13.2. The fourth-order valence-electron chi connectivity index (χ4n) is 4.00. The number of aryl methyl sites for hydroxylation is 1. The molecule has 0 aliphatic carbocycles. The van der Waals surface area contributed by atoms with Gasteiger partial charge in [-0.15, -0.1) is 0 Å². The highest BCUT2D eigenvalue weighted by molar-refractivity contribution is 5.97. The van der Waals surface area contributed by atoms with E-state index in [1.54, 1.807) is 10.9 Å². The van der Waals surface area contributed by atoms with Gasteiger partial charge < -0.3 is 14.6 Å². The lowest BCUT2D eigenvalue weighted by molar-refractivity contribution is 0.00191. The Labute approximate surface area is 161 Å². The first-order valence-corrected chi connectivity index (χ1v) is 9.91. The van der Waals surface area contributed by atoms with Crippen molar-refractivity contribution in [1.29, 1.82) is 0 Å². The average Bonchev–Trinajstić information content (AvgIpc) is 3.35. The van der Waals surface area contributed by atoms with Crippen molar-refractivity contribution in [3.63, 3.8) is 0 Å². The summed E-state index contributed by atoms with van der Waals surface area (Å²) in [6, 6.07) is 4.21. The Morgan fingerprint density at radius 1 is 1.22 bits per heavy atom. The summed E-state index contributed by atoms with van der Waals surface area (Å²) in [7, 11) is 1.85. The molecule has 1 fully saturated rings. The number of hydrogen-bond donors (Lipinski definition) is 1. The van der Waals surface area contributed by atoms with Crippen LogP contribution in [0.3, 0.4) is 0 Å². The van der Waals surface area contributed by atoms with Crippen LogP contribution in [0.5, 0.6) is 0 Å². The molecule has 3 heterocycles. The number of nitrogens with zero attached hydrogens (tertiary/aromatic N) is 4. The predicted molar refractivity (Wildman–Crippen MR) is 105 cm³/mol. The number of carbonyl (C=O) groups excluding carboxylic acids is 1. The van der Waals surface area contributed by atoms with Gasteiger partial charge in [0, 0.05) is 45.1 Å². The first kappa shape index (κ1) is 19.6. The van der Waals surface area contributed by atoms with Crippen molar-refractivity contribution in [2.24, 2.45) is 13.0 Å². The number of amides is 1. The fourth-order valence-corrected chi connectivity index (χ4v) is 4.00. The number of aromatic nitrogens is 3. The van der Waals surface area contributed by atoms with Crippen molar-refractivity contribution in [2.45, 2.75) is 32.7 Å². The van der Waals surface area contributed by atoms with E-state index in [4.69, 9.17) is 4.74 Å². The molecule has 1 atom stereocenters. The van der Waals surface area contributed by atoms with Crippen LogP contribution >= 0.6 is 0 Å². The second-order valence-electron chi connectivity index (χ2n) is 7.10. The molecule has 0 bridgehead atoms. The number of morpholine rings is 1. The van der Waals surface area contributed by atoms with Crippen LogP contribution in [-0.4, -0.2) is 64.0 Å². The van der Waals surface area contributed by atoms with Gasteiger partial charge in [-0.1, -0.05) is 26.7 Å². The smallest absolute Gasteiger partial charge is 0.256 e. The van der Waals surface area contributed by atoms with E-state index >= 15 is 0 Å². The highest BCUT2D eigenvalue weighted by Crippen LogP contribution is 2.20. The zero-order valence-corrected chi connectivity index (χ0v) is 16.6. The van der Waals surface area contributed by atoms with Gasteiger partial charge in [0.05, 0.1) is 19.4 Å². The molecule has 2 aromatic rings. The van der Waals surface area contributed by atoms with Gasteiger partial charge in [0.25, 0.3) is 5.91 Å². The third-order valence-electron chi connectivity index (χ3n) is 5.58. The van der Waals surface area contributed by atoms with Crippen LogP contribution in [0.2, 0.25) is 0 Å². The summed E-state index contributed by atoms with van der Waals surface area (Å²) >= 11 is 0. The van der Waals surface area contributed by atoms with Crippen molar-refractivity contribution in [3.05, 3.63) is 36.3 Å². The molecule has 0 radical (unpaired) electrons. The summed E-state index contributed by atoms with van der Waals surface area (Å²) in [4.78, 5) is 15.4. The molecule has 1 N–H and O–H groups in total. The average molecular weight is 374 g/mol. The molecular formula is C20H31N5O2. The molecule has 27 heavy (non-hydrogen) atoms. The van der Waals surface area contributed by atoms with Crippen molar-refractivity contribution < 1.29 is 9.53 Å². The highest BCUT2D eigenvalue weighted by Gasteiger charge is 2.28. The summed E-state index contributed by atoms with van der Waals surface area (Å²) in [6.45, 7) is 8.50. The molecule has 7 nitrogen and oxygen atoms in total. The first-order valence-electron chi connectivity index (χ1n) is 9.91. The molecule has 2 aromatic heterocycles. The van der Waals surface area contributed by atoms with Crippen molar-refractivity contribution in [2.75, 3.05) is 32.8 Å². The van der Waals surface area contributed by atoms with Crippen molar-refractivity contribution in [1.82, 2.24) is 24.6 Å². The Kier molecular flexibility index (Phi) is 6.68. The summed E-state index contributed by atoms with van der Waals surface area (Å²) in [5.74, 6) is 1.26. The van der Waals surface area contributed by atoms with Crippen LogP contribution in [0.4, 0.5) is 0 Å². The van der Waals surface area contributed by atoms with Gasteiger partial charge in [-0.25, -0.2) is 0 Å². The van der Waals surface area contributed by atoms with E-state index in [1.807, 2.05) is 36.1 Å². The van der Waals surface area contributed by atoms with Crippen LogP contribution in [0, 0.1) is 5.92 Å². The van der Waals surface area contributed by atoms with Gasteiger partial charge in [-0.05, 0) is 18.1 Å². The Morgan fingerprint density at radius 3 is 2.52 bits per heavy atom. The highest BCUT2D eigenvalue weighted by atomic mass is 16.5. The molecule has 1 amide bonds. The van der Waals surface area contributed by atoms with Crippen LogP contribution in [0.25, 0.3) is 5.82 Å². The van der Waals surface area contributed by atoms with E-state index in [1.165, 1.54) is 0 Å². The Bertz CT molecular complexity index is 715. The second kappa shape index (κ2) is 9.19. The number of nitrogens with one attached hydrogen (secondary N) is 1. The molecule has 0 spiro atoms. The van der Waals surface area contributed by atoms with Gasteiger partial charge in [0.15, 0.2) is 0 Å². The lowest BCUT2D eigenvalue weighted by atomic mass is 9.92.